The van der Waals surface area contributed by atoms with E-state index in [0.717, 1.165) is 13.1 Å². The monoisotopic (exact) mass is 303 g/mol. The molecule has 0 aromatic carbocycles. The van der Waals surface area contributed by atoms with Crippen LogP contribution >= 0.6 is 0 Å². The third kappa shape index (κ3) is 2.35. The van der Waals surface area contributed by atoms with Crippen LogP contribution in [0.15, 0.2) is 18.6 Å². The van der Waals surface area contributed by atoms with Crippen LogP contribution in [0.4, 0.5) is 0 Å². The zero-order valence-electron chi connectivity index (χ0n) is 13.0. The molecular weight excluding hydrogens is 282 g/mol. The number of piperazine rings is 1. The van der Waals surface area contributed by atoms with Crippen LogP contribution in [0.5, 0.6) is 0 Å². The lowest BCUT2D eigenvalue weighted by Crippen LogP contribution is -2.67. The van der Waals surface area contributed by atoms with Crippen LogP contribution in [-0.2, 0) is 4.79 Å². The molecule has 3 heterocycles. The van der Waals surface area contributed by atoms with Gasteiger partial charge in [-0.2, -0.15) is 0 Å². The lowest BCUT2D eigenvalue weighted by molar-refractivity contribution is -0.151. The third-order valence-corrected chi connectivity index (χ3v) is 4.91. The zero-order chi connectivity index (χ0) is 15.7. The molecule has 2 aliphatic rings. The Kier molecular flexibility index (Phi) is 3.82. The average Bonchev–Trinajstić information content (AvgIpc) is 2.57. The number of piperidine rings is 1. The quantitative estimate of drug-likeness (QED) is 0.722. The van der Waals surface area contributed by atoms with Gasteiger partial charge in [0.25, 0.3) is 5.91 Å². The van der Waals surface area contributed by atoms with Gasteiger partial charge in [0.15, 0.2) is 0 Å². The Balaban J connectivity index is 1.72. The predicted octanol–water partition coefficient (Wildman–Crippen LogP) is -0.145. The van der Waals surface area contributed by atoms with Gasteiger partial charge in [-0.3, -0.25) is 19.5 Å². The van der Waals surface area contributed by atoms with E-state index in [0.29, 0.717) is 31.6 Å². The summed E-state index contributed by atoms with van der Waals surface area (Å²) >= 11 is 0. The van der Waals surface area contributed by atoms with Crippen LogP contribution in [-0.4, -0.2) is 82.3 Å². The van der Waals surface area contributed by atoms with Crippen LogP contribution in [0.3, 0.4) is 0 Å². The molecule has 0 bridgehead atoms. The Hall–Kier alpha value is -2.02. The number of likely N-dealkylation sites (N-methyl/N-ethyl adjacent to an activating group) is 2. The molecule has 0 unspecified atom stereocenters. The van der Waals surface area contributed by atoms with Crippen molar-refractivity contribution in [2.45, 2.75) is 18.4 Å². The molecular formula is C15H21N5O2. The Morgan fingerprint density at radius 2 is 1.86 bits per heavy atom. The van der Waals surface area contributed by atoms with Gasteiger partial charge in [0.2, 0.25) is 5.91 Å². The smallest absolute Gasteiger partial charge is 0.274 e. The van der Waals surface area contributed by atoms with Crippen molar-refractivity contribution >= 4 is 11.8 Å². The van der Waals surface area contributed by atoms with Crippen LogP contribution in [0.1, 0.15) is 23.3 Å². The average molecular weight is 303 g/mol. The van der Waals surface area contributed by atoms with Crippen molar-refractivity contribution in [2.24, 2.45) is 0 Å². The minimum absolute atomic E-state index is 0.109. The normalized spacial score (nSPS) is 22.2. The molecule has 2 aliphatic heterocycles. The van der Waals surface area contributed by atoms with E-state index in [1.54, 1.807) is 16.0 Å². The first-order chi connectivity index (χ1) is 10.5. The Labute approximate surface area is 129 Å². The third-order valence-electron chi connectivity index (χ3n) is 4.91. The van der Waals surface area contributed by atoms with E-state index in [1.165, 1.54) is 12.4 Å². The van der Waals surface area contributed by atoms with E-state index in [-0.39, 0.29) is 11.8 Å². The molecule has 22 heavy (non-hydrogen) atoms. The fourth-order valence-corrected chi connectivity index (χ4v) is 3.38. The van der Waals surface area contributed by atoms with Gasteiger partial charge in [-0.15, -0.1) is 0 Å². The van der Waals surface area contributed by atoms with Gasteiger partial charge >= 0.3 is 0 Å². The van der Waals surface area contributed by atoms with Crippen LogP contribution in [0, 0.1) is 0 Å². The summed E-state index contributed by atoms with van der Waals surface area (Å²) in [5, 5.41) is 0. The van der Waals surface area contributed by atoms with Crippen molar-refractivity contribution in [1.29, 1.82) is 0 Å². The SMILES string of the molecule is CN1CCN(C)C2(CCN(C(=O)c3cnccn3)CC2)C1=O. The van der Waals surface area contributed by atoms with E-state index >= 15 is 0 Å². The molecule has 7 nitrogen and oxygen atoms in total. The molecule has 1 aromatic rings. The summed E-state index contributed by atoms with van der Waals surface area (Å²) in [5.41, 5.74) is -0.0921. The fourth-order valence-electron chi connectivity index (χ4n) is 3.38. The molecule has 2 amide bonds. The highest BCUT2D eigenvalue weighted by molar-refractivity contribution is 5.92. The summed E-state index contributed by atoms with van der Waals surface area (Å²) in [5.74, 6) is 0.0649. The molecule has 1 aromatic heterocycles. The zero-order valence-corrected chi connectivity index (χ0v) is 13.0. The lowest BCUT2D eigenvalue weighted by atomic mass is 9.83. The number of carbonyl (C=O) groups excluding carboxylic acids is 2. The van der Waals surface area contributed by atoms with Crippen LogP contribution in [0.25, 0.3) is 0 Å². The predicted molar refractivity (Wildman–Crippen MR) is 80.2 cm³/mol. The van der Waals surface area contributed by atoms with Crippen molar-refractivity contribution in [3.05, 3.63) is 24.3 Å². The minimum atomic E-state index is -0.452. The van der Waals surface area contributed by atoms with Crippen molar-refractivity contribution in [3.63, 3.8) is 0 Å². The second-order valence-electron chi connectivity index (χ2n) is 6.06. The Bertz CT molecular complexity index is 569. The van der Waals surface area contributed by atoms with E-state index in [2.05, 4.69) is 14.9 Å². The number of hydrogen-bond acceptors (Lipinski definition) is 5. The lowest BCUT2D eigenvalue weighted by Gasteiger charge is -2.50. The molecule has 0 radical (unpaired) electrons. The first kappa shape index (κ1) is 14.9. The number of hydrogen-bond donors (Lipinski definition) is 0. The molecule has 0 aliphatic carbocycles. The number of nitrogens with zero attached hydrogens (tertiary/aromatic N) is 5. The van der Waals surface area contributed by atoms with Crippen molar-refractivity contribution < 1.29 is 9.59 Å². The van der Waals surface area contributed by atoms with Gasteiger partial charge < -0.3 is 9.80 Å². The summed E-state index contributed by atoms with van der Waals surface area (Å²) in [7, 11) is 3.86. The van der Waals surface area contributed by atoms with Gasteiger partial charge in [0.05, 0.1) is 6.20 Å². The summed E-state index contributed by atoms with van der Waals surface area (Å²) in [6, 6.07) is 0. The highest BCUT2D eigenvalue weighted by atomic mass is 16.2. The molecule has 118 valence electrons. The minimum Gasteiger partial charge on any atom is -0.343 e. The number of rotatable bonds is 1. The molecule has 0 saturated carbocycles. The van der Waals surface area contributed by atoms with E-state index < -0.39 is 5.54 Å². The van der Waals surface area contributed by atoms with E-state index in [4.69, 9.17) is 0 Å². The van der Waals surface area contributed by atoms with Crippen molar-refractivity contribution in [1.82, 2.24) is 24.7 Å². The highest BCUT2D eigenvalue weighted by Gasteiger charge is 2.48. The van der Waals surface area contributed by atoms with Gasteiger partial charge in [-0.25, -0.2) is 4.98 Å². The molecule has 2 fully saturated rings. The maximum Gasteiger partial charge on any atom is 0.274 e. The summed E-state index contributed by atoms with van der Waals surface area (Å²) in [4.78, 5) is 38.8. The van der Waals surface area contributed by atoms with E-state index in [9.17, 15) is 9.59 Å². The molecule has 0 atom stereocenters. The largest absolute Gasteiger partial charge is 0.343 e. The fraction of sp³-hybridized carbons (Fsp3) is 0.600. The topological polar surface area (TPSA) is 69.6 Å². The van der Waals surface area contributed by atoms with E-state index in [1.807, 2.05) is 14.1 Å². The maximum absolute atomic E-state index is 12.6. The standard InChI is InChI=1S/C15H21N5O2/c1-18-9-10-19(2)15(14(18)22)3-7-20(8-4-15)13(21)12-11-16-5-6-17-12/h5-6,11H,3-4,7-10H2,1-2H3. The summed E-state index contributed by atoms with van der Waals surface area (Å²) in [6.45, 7) is 2.78. The van der Waals surface area contributed by atoms with Crippen LogP contribution in [0.2, 0.25) is 0 Å². The number of amides is 2. The highest BCUT2D eigenvalue weighted by Crippen LogP contribution is 2.32. The van der Waals surface area contributed by atoms with Crippen molar-refractivity contribution in [3.8, 4) is 0 Å². The molecule has 2 saturated heterocycles. The van der Waals surface area contributed by atoms with Gasteiger partial charge in [-0.1, -0.05) is 0 Å². The first-order valence-corrected chi connectivity index (χ1v) is 7.57. The number of aromatic nitrogens is 2. The summed E-state index contributed by atoms with van der Waals surface area (Å²) < 4.78 is 0. The molecule has 0 N–H and O–H groups in total. The molecule has 1 spiro atoms. The summed E-state index contributed by atoms with van der Waals surface area (Å²) in [6.07, 6.45) is 5.88. The maximum atomic E-state index is 12.6. The Morgan fingerprint density at radius 1 is 1.14 bits per heavy atom. The van der Waals surface area contributed by atoms with Crippen LogP contribution < -0.4 is 0 Å². The van der Waals surface area contributed by atoms with Gasteiger partial charge in [0.1, 0.15) is 11.2 Å². The van der Waals surface area contributed by atoms with Gasteiger partial charge in [-0.05, 0) is 19.9 Å². The number of carbonyl (C=O) groups is 2. The second kappa shape index (κ2) is 5.64. The Morgan fingerprint density at radius 3 is 2.50 bits per heavy atom. The van der Waals surface area contributed by atoms with Gasteiger partial charge in [0, 0.05) is 45.6 Å². The molecule has 7 heteroatoms. The van der Waals surface area contributed by atoms with Crippen molar-refractivity contribution in [2.75, 3.05) is 40.3 Å². The number of likely N-dealkylation sites (tertiary alicyclic amines) is 1. The second-order valence-corrected chi connectivity index (χ2v) is 6.06. The first-order valence-electron chi connectivity index (χ1n) is 7.57. The molecule has 3 rings (SSSR count).